The molecule has 0 fully saturated rings. The van der Waals surface area contributed by atoms with Gasteiger partial charge in [-0.05, 0) is 56.2 Å². The van der Waals surface area contributed by atoms with E-state index < -0.39 is 4.92 Å². The summed E-state index contributed by atoms with van der Waals surface area (Å²) >= 11 is 0. The minimum Gasteiger partial charge on any atom is -0.322 e. The Balaban J connectivity index is 1.50. The van der Waals surface area contributed by atoms with Crippen LogP contribution in [0.25, 0.3) is 11.4 Å². The van der Waals surface area contributed by atoms with Crippen LogP contribution in [-0.4, -0.2) is 25.6 Å². The van der Waals surface area contributed by atoms with Crippen molar-refractivity contribution in [1.29, 1.82) is 0 Å². The lowest BCUT2D eigenvalue weighted by Crippen LogP contribution is -2.12. The molecule has 0 atom stereocenters. The Hall–Kier alpha value is -3.55. The predicted molar refractivity (Wildman–Crippen MR) is 113 cm³/mol. The molecule has 0 radical (unpaired) electrons. The maximum absolute atomic E-state index is 12.5. The third-order valence-corrected chi connectivity index (χ3v) is 5.42. The number of carbonyl (C=O) groups is 1. The quantitative estimate of drug-likeness (QED) is 0.507. The van der Waals surface area contributed by atoms with Crippen molar-refractivity contribution in [3.63, 3.8) is 0 Å². The average Bonchev–Trinajstić information content (AvgIpc) is 3.09. The van der Waals surface area contributed by atoms with Crippen LogP contribution in [0.4, 0.5) is 11.4 Å². The first-order valence-corrected chi connectivity index (χ1v) is 10.1. The number of benzene rings is 2. The number of nitrogens with zero attached hydrogens (tertiary/aromatic N) is 4. The number of nitro groups is 1. The van der Waals surface area contributed by atoms with Crippen molar-refractivity contribution >= 4 is 17.3 Å². The molecule has 2 aromatic carbocycles. The smallest absolute Gasteiger partial charge is 0.272 e. The van der Waals surface area contributed by atoms with Gasteiger partial charge in [0.2, 0.25) is 0 Å². The summed E-state index contributed by atoms with van der Waals surface area (Å²) in [6, 6.07) is 11.8. The summed E-state index contributed by atoms with van der Waals surface area (Å²) in [6.45, 7) is 2.54. The van der Waals surface area contributed by atoms with E-state index in [4.69, 9.17) is 0 Å². The molecule has 0 bridgehead atoms. The Bertz CT molecular complexity index is 1090. The summed E-state index contributed by atoms with van der Waals surface area (Å²) in [5.74, 6) is 1.58. The summed E-state index contributed by atoms with van der Waals surface area (Å²) in [5.41, 5.74) is 2.43. The lowest BCUT2D eigenvalue weighted by molar-refractivity contribution is -0.385. The minimum absolute atomic E-state index is 0.000884. The van der Waals surface area contributed by atoms with Crippen LogP contribution in [0.2, 0.25) is 0 Å². The molecule has 0 aliphatic carbocycles. The molecule has 1 amide bonds. The van der Waals surface area contributed by atoms with Crippen LogP contribution in [0.5, 0.6) is 0 Å². The molecule has 30 heavy (non-hydrogen) atoms. The lowest BCUT2D eigenvalue weighted by Gasteiger charge is -2.13. The number of hydrogen-bond acceptors (Lipinski definition) is 5. The second-order valence-corrected chi connectivity index (χ2v) is 7.55. The van der Waals surface area contributed by atoms with Crippen molar-refractivity contribution in [1.82, 2.24) is 14.8 Å². The molecule has 0 saturated heterocycles. The molecule has 8 nitrogen and oxygen atoms in total. The number of hydrogen-bond donors (Lipinski definition) is 1. The SMILES string of the molecule is Cc1cc(C(=O)Nc2ccc(-c3nnc4n3CCCCCC4)cc2)ccc1[N+](=O)[O-]. The van der Waals surface area contributed by atoms with Gasteiger partial charge in [0, 0.05) is 41.4 Å². The molecule has 1 N–H and O–H groups in total. The molecule has 154 valence electrons. The van der Waals surface area contributed by atoms with Gasteiger partial charge in [-0.15, -0.1) is 10.2 Å². The number of rotatable bonds is 4. The molecule has 1 aliphatic heterocycles. The van der Waals surface area contributed by atoms with Gasteiger partial charge < -0.3 is 9.88 Å². The van der Waals surface area contributed by atoms with Gasteiger partial charge in [-0.1, -0.05) is 12.8 Å². The van der Waals surface area contributed by atoms with Crippen molar-refractivity contribution in [3.05, 3.63) is 69.5 Å². The molecular formula is C22H23N5O3. The standard InChI is InChI=1S/C22H23N5O3/c1-15-14-17(9-12-19(15)27(29)30)22(28)23-18-10-7-16(8-11-18)21-25-24-20-6-4-2-3-5-13-26(20)21/h7-12,14H,2-6,13H2,1H3,(H,23,28). The highest BCUT2D eigenvalue weighted by Crippen LogP contribution is 2.24. The van der Waals surface area contributed by atoms with Crippen LogP contribution in [-0.2, 0) is 13.0 Å². The zero-order chi connectivity index (χ0) is 21.1. The van der Waals surface area contributed by atoms with E-state index in [1.165, 1.54) is 31.0 Å². The lowest BCUT2D eigenvalue weighted by atomic mass is 10.1. The molecule has 4 rings (SSSR count). The normalized spacial score (nSPS) is 13.8. The van der Waals surface area contributed by atoms with Crippen LogP contribution in [0, 0.1) is 17.0 Å². The summed E-state index contributed by atoms with van der Waals surface area (Å²) in [4.78, 5) is 23.0. The molecular weight excluding hydrogens is 382 g/mol. The van der Waals surface area contributed by atoms with E-state index in [1.807, 2.05) is 24.3 Å². The largest absolute Gasteiger partial charge is 0.322 e. The van der Waals surface area contributed by atoms with Crippen LogP contribution in [0.3, 0.4) is 0 Å². The van der Waals surface area contributed by atoms with Gasteiger partial charge in [0.05, 0.1) is 4.92 Å². The summed E-state index contributed by atoms with van der Waals surface area (Å²) in [5, 5.41) is 22.5. The van der Waals surface area contributed by atoms with Gasteiger partial charge in [0.25, 0.3) is 11.6 Å². The van der Waals surface area contributed by atoms with Crippen LogP contribution < -0.4 is 5.32 Å². The van der Waals surface area contributed by atoms with E-state index >= 15 is 0 Å². The second-order valence-electron chi connectivity index (χ2n) is 7.55. The molecule has 2 heterocycles. The van der Waals surface area contributed by atoms with E-state index in [9.17, 15) is 14.9 Å². The fourth-order valence-electron chi connectivity index (χ4n) is 3.78. The Morgan fingerprint density at radius 2 is 1.83 bits per heavy atom. The van der Waals surface area contributed by atoms with E-state index in [2.05, 4.69) is 20.1 Å². The van der Waals surface area contributed by atoms with E-state index in [0.717, 1.165) is 43.0 Å². The number of aromatic nitrogens is 3. The zero-order valence-corrected chi connectivity index (χ0v) is 16.8. The first kappa shape index (κ1) is 19.8. The van der Waals surface area contributed by atoms with E-state index in [0.29, 0.717) is 16.8 Å². The maximum Gasteiger partial charge on any atom is 0.272 e. The first-order chi connectivity index (χ1) is 14.5. The van der Waals surface area contributed by atoms with Gasteiger partial charge in [-0.25, -0.2) is 0 Å². The summed E-state index contributed by atoms with van der Waals surface area (Å²) < 4.78 is 2.20. The molecule has 0 spiro atoms. The molecule has 1 aliphatic rings. The third-order valence-electron chi connectivity index (χ3n) is 5.42. The summed E-state index contributed by atoms with van der Waals surface area (Å²) in [7, 11) is 0. The Morgan fingerprint density at radius 3 is 2.57 bits per heavy atom. The third kappa shape index (κ3) is 4.07. The van der Waals surface area contributed by atoms with Crippen molar-refractivity contribution in [2.24, 2.45) is 0 Å². The summed E-state index contributed by atoms with van der Waals surface area (Å²) in [6.07, 6.45) is 5.69. The van der Waals surface area contributed by atoms with Crippen LogP contribution in [0.15, 0.2) is 42.5 Å². The molecule has 8 heteroatoms. The number of carbonyl (C=O) groups excluding carboxylic acids is 1. The highest BCUT2D eigenvalue weighted by molar-refractivity contribution is 6.04. The van der Waals surface area contributed by atoms with E-state index in [1.54, 1.807) is 6.92 Å². The van der Waals surface area contributed by atoms with Crippen molar-refractivity contribution in [2.45, 2.75) is 45.6 Å². The number of fused-ring (bicyclic) bond motifs is 1. The van der Waals surface area contributed by atoms with Gasteiger partial charge >= 0.3 is 0 Å². The number of anilines is 1. The van der Waals surface area contributed by atoms with E-state index in [-0.39, 0.29) is 11.6 Å². The second kappa shape index (κ2) is 8.44. The molecule has 1 aromatic heterocycles. The maximum atomic E-state index is 12.5. The van der Waals surface area contributed by atoms with Gasteiger partial charge in [0.1, 0.15) is 5.82 Å². The number of nitro benzene ring substituents is 1. The topological polar surface area (TPSA) is 103 Å². The highest BCUT2D eigenvalue weighted by atomic mass is 16.6. The highest BCUT2D eigenvalue weighted by Gasteiger charge is 2.16. The Labute approximate surface area is 174 Å². The first-order valence-electron chi connectivity index (χ1n) is 10.1. The Kier molecular flexibility index (Phi) is 5.56. The van der Waals surface area contributed by atoms with Crippen molar-refractivity contribution in [3.8, 4) is 11.4 Å². The van der Waals surface area contributed by atoms with Crippen molar-refractivity contribution in [2.75, 3.05) is 5.32 Å². The van der Waals surface area contributed by atoms with Gasteiger partial charge in [-0.3, -0.25) is 14.9 Å². The van der Waals surface area contributed by atoms with Crippen LogP contribution in [0.1, 0.15) is 47.4 Å². The fraction of sp³-hybridized carbons (Fsp3) is 0.318. The van der Waals surface area contributed by atoms with Crippen molar-refractivity contribution < 1.29 is 9.72 Å². The predicted octanol–water partition coefficient (Wildman–Crippen LogP) is 4.53. The number of nitrogens with one attached hydrogen (secondary N) is 1. The Morgan fingerprint density at radius 1 is 1.07 bits per heavy atom. The monoisotopic (exact) mass is 405 g/mol. The average molecular weight is 405 g/mol. The molecule has 3 aromatic rings. The van der Waals surface area contributed by atoms with Crippen LogP contribution >= 0.6 is 0 Å². The number of aryl methyl sites for hydroxylation is 2. The molecule has 0 saturated carbocycles. The number of amides is 1. The zero-order valence-electron chi connectivity index (χ0n) is 16.8. The fourth-order valence-corrected chi connectivity index (χ4v) is 3.78. The molecule has 0 unspecified atom stereocenters. The van der Waals surface area contributed by atoms with Gasteiger partial charge in [0.15, 0.2) is 5.82 Å². The minimum atomic E-state index is -0.456. The van der Waals surface area contributed by atoms with Gasteiger partial charge in [-0.2, -0.15) is 0 Å².